The van der Waals surface area contributed by atoms with Gasteiger partial charge in [0, 0.05) is 16.5 Å². The van der Waals surface area contributed by atoms with Crippen molar-refractivity contribution < 1.29 is 0 Å². The first-order valence-corrected chi connectivity index (χ1v) is 8.45. The van der Waals surface area contributed by atoms with Crippen LogP contribution in [-0.2, 0) is 6.54 Å². The van der Waals surface area contributed by atoms with Crippen LogP contribution in [0.2, 0.25) is 5.02 Å². The Morgan fingerprint density at radius 1 is 1.33 bits per heavy atom. The molecule has 0 spiro atoms. The van der Waals surface area contributed by atoms with E-state index in [1.165, 1.54) is 5.56 Å². The zero-order valence-corrected chi connectivity index (χ0v) is 13.1. The van der Waals surface area contributed by atoms with E-state index in [1.54, 1.807) is 34.9 Å². The highest BCUT2D eigenvalue weighted by molar-refractivity contribution is 8.03. The highest BCUT2D eigenvalue weighted by Crippen LogP contribution is 2.35. The Balaban J connectivity index is 2.23. The number of benzene rings is 1. The first kappa shape index (κ1) is 14.1. The Bertz CT molecular complexity index is 530. The van der Waals surface area contributed by atoms with E-state index in [9.17, 15) is 0 Å². The molecule has 3 nitrogen and oxygen atoms in total. The molecule has 0 amide bonds. The smallest absolute Gasteiger partial charge is 0.179 e. The van der Waals surface area contributed by atoms with Crippen molar-refractivity contribution in [1.29, 1.82) is 0 Å². The molecule has 1 aromatic heterocycles. The summed E-state index contributed by atoms with van der Waals surface area (Å²) in [5.74, 6) is 0. The Morgan fingerprint density at radius 2 is 2.11 bits per heavy atom. The maximum absolute atomic E-state index is 6.05. The summed E-state index contributed by atoms with van der Waals surface area (Å²) >= 11 is 10.9. The third-order valence-corrected chi connectivity index (χ3v) is 5.44. The van der Waals surface area contributed by atoms with Crippen molar-refractivity contribution in [3.63, 3.8) is 0 Å². The number of aromatic nitrogens is 2. The van der Waals surface area contributed by atoms with E-state index in [2.05, 4.69) is 15.5 Å². The van der Waals surface area contributed by atoms with E-state index in [1.807, 2.05) is 31.5 Å². The molecule has 1 N–H and O–H groups in total. The Kier molecular flexibility index (Phi) is 5.32. The average Bonchev–Trinajstić information content (AvgIpc) is 2.80. The van der Waals surface area contributed by atoms with Crippen LogP contribution in [0, 0.1) is 0 Å². The molecule has 0 aliphatic rings. The van der Waals surface area contributed by atoms with Gasteiger partial charge in [0.25, 0.3) is 0 Å². The number of hydrogen-bond donors (Lipinski definition) is 1. The van der Waals surface area contributed by atoms with Crippen LogP contribution in [0.4, 0.5) is 0 Å². The van der Waals surface area contributed by atoms with E-state index in [0.717, 1.165) is 25.1 Å². The Morgan fingerprint density at radius 3 is 2.78 bits per heavy atom. The van der Waals surface area contributed by atoms with Gasteiger partial charge in [-0.15, -0.1) is 10.2 Å². The van der Waals surface area contributed by atoms with Gasteiger partial charge in [0.1, 0.15) is 0 Å². The molecule has 0 atom stereocenters. The fraction of sp³-hybridized carbons (Fsp3) is 0.273. The monoisotopic (exact) mass is 317 g/mol. The van der Waals surface area contributed by atoms with Gasteiger partial charge in [-0.2, -0.15) is 0 Å². The topological polar surface area (TPSA) is 37.8 Å². The lowest BCUT2D eigenvalue weighted by molar-refractivity contribution is 0.803. The van der Waals surface area contributed by atoms with Crippen LogP contribution in [0.5, 0.6) is 0 Å². The van der Waals surface area contributed by atoms with Crippen molar-refractivity contribution >= 4 is 46.5 Å². The predicted molar refractivity (Wildman–Crippen MR) is 80.0 cm³/mol. The molecule has 18 heavy (non-hydrogen) atoms. The minimum atomic E-state index is 0.743. The maximum atomic E-state index is 6.05. The number of thioether (sulfide) groups is 1. The minimum Gasteiger partial charge on any atom is -0.316 e. The van der Waals surface area contributed by atoms with Crippen LogP contribution in [0.15, 0.2) is 31.8 Å². The molecule has 0 aliphatic carbocycles. The lowest BCUT2D eigenvalue weighted by Crippen LogP contribution is -2.05. The molecule has 0 unspecified atom stereocenters. The molecule has 2 rings (SSSR count). The largest absolute Gasteiger partial charge is 0.316 e. The molecule has 1 aromatic carbocycles. The quantitative estimate of drug-likeness (QED) is 0.849. The molecule has 0 saturated heterocycles. The minimum absolute atomic E-state index is 0.743. The van der Waals surface area contributed by atoms with E-state index in [-0.39, 0.29) is 0 Å². The number of nitrogens with zero attached hydrogens (tertiary/aromatic N) is 2. The maximum Gasteiger partial charge on any atom is 0.179 e. The van der Waals surface area contributed by atoms with Gasteiger partial charge in [-0.3, -0.25) is 0 Å². The van der Waals surface area contributed by atoms with Crippen molar-refractivity contribution in [3.05, 3.63) is 28.8 Å². The summed E-state index contributed by atoms with van der Waals surface area (Å²) in [5.41, 5.74) is 1.22. The average molecular weight is 318 g/mol. The third-order valence-electron chi connectivity index (χ3n) is 2.16. The number of rotatable bonds is 5. The molecule has 0 radical (unpaired) electrons. The highest BCUT2D eigenvalue weighted by Gasteiger charge is 2.09. The molecule has 0 saturated carbocycles. The third kappa shape index (κ3) is 3.61. The summed E-state index contributed by atoms with van der Waals surface area (Å²) in [6.07, 6.45) is 2.00. The summed E-state index contributed by atoms with van der Waals surface area (Å²) in [5, 5.41) is 12.1. The first-order valence-electron chi connectivity index (χ1n) is 5.21. The lowest BCUT2D eigenvalue weighted by atomic mass is 10.2. The second kappa shape index (κ2) is 6.77. The number of hydrogen-bond acceptors (Lipinski definition) is 6. The summed E-state index contributed by atoms with van der Waals surface area (Å²) < 4.78 is 1.92. The molecule has 7 heteroatoms. The highest BCUT2D eigenvalue weighted by atomic mass is 35.5. The molecule has 0 fully saturated rings. The normalized spacial score (nSPS) is 10.8. The van der Waals surface area contributed by atoms with Gasteiger partial charge in [0.05, 0.1) is 0 Å². The lowest BCUT2D eigenvalue weighted by Gasteiger charge is -2.07. The zero-order valence-electron chi connectivity index (χ0n) is 9.94. The van der Waals surface area contributed by atoms with Gasteiger partial charge in [-0.05, 0) is 31.0 Å². The van der Waals surface area contributed by atoms with E-state index in [0.29, 0.717) is 0 Å². The Hall–Kier alpha value is -0.270. The van der Waals surface area contributed by atoms with Crippen molar-refractivity contribution in [2.24, 2.45) is 0 Å². The van der Waals surface area contributed by atoms with Crippen LogP contribution in [0.3, 0.4) is 0 Å². The second-order valence-corrected chi connectivity index (χ2v) is 7.18. The van der Waals surface area contributed by atoms with E-state index < -0.39 is 0 Å². The van der Waals surface area contributed by atoms with Gasteiger partial charge >= 0.3 is 0 Å². The van der Waals surface area contributed by atoms with Crippen molar-refractivity contribution in [2.75, 3.05) is 13.3 Å². The van der Waals surface area contributed by atoms with Gasteiger partial charge in [-0.25, -0.2) is 0 Å². The summed E-state index contributed by atoms with van der Waals surface area (Å²) in [6.45, 7) is 0.813. The van der Waals surface area contributed by atoms with Crippen molar-refractivity contribution in [3.8, 4) is 0 Å². The number of halogens is 1. The molecular weight excluding hydrogens is 306 g/mol. The molecule has 0 bridgehead atoms. The van der Waals surface area contributed by atoms with Crippen molar-refractivity contribution in [1.82, 2.24) is 15.5 Å². The van der Waals surface area contributed by atoms with Gasteiger partial charge in [0.2, 0.25) is 0 Å². The zero-order chi connectivity index (χ0) is 13.0. The fourth-order valence-corrected chi connectivity index (χ4v) is 4.17. The van der Waals surface area contributed by atoms with Crippen LogP contribution >= 0.6 is 46.5 Å². The van der Waals surface area contributed by atoms with Gasteiger partial charge in [-0.1, -0.05) is 52.5 Å². The van der Waals surface area contributed by atoms with E-state index >= 15 is 0 Å². The van der Waals surface area contributed by atoms with Crippen LogP contribution in [-0.4, -0.2) is 23.5 Å². The summed E-state index contributed by atoms with van der Waals surface area (Å²) in [7, 11) is 1.93. The first-order chi connectivity index (χ1) is 8.72. The SMILES string of the molecule is CNCc1ccc(Cl)cc1Sc1nnc(SC)s1. The fourth-order valence-electron chi connectivity index (χ4n) is 1.37. The van der Waals surface area contributed by atoms with Crippen molar-refractivity contribution in [2.45, 2.75) is 20.1 Å². The molecule has 2 aromatic rings. The van der Waals surface area contributed by atoms with Gasteiger partial charge < -0.3 is 5.32 Å². The molecule has 96 valence electrons. The van der Waals surface area contributed by atoms with Crippen LogP contribution in [0.25, 0.3) is 0 Å². The number of nitrogens with one attached hydrogen (secondary N) is 1. The second-order valence-electron chi connectivity index (χ2n) is 3.42. The molecular formula is C11H12ClN3S3. The van der Waals surface area contributed by atoms with Crippen LogP contribution < -0.4 is 5.32 Å². The predicted octanol–water partition coefficient (Wildman–Crippen LogP) is 3.78. The molecule has 1 heterocycles. The van der Waals surface area contributed by atoms with Crippen LogP contribution in [0.1, 0.15) is 5.56 Å². The summed E-state index contributed by atoms with van der Waals surface area (Å²) in [4.78, 5) is 1.13. The van der Waals surface area contributed by atoms with E-state index in [4.69, 9.17) is 11.6 Å². The Labute approximate surface area is 124 Å². The standard InChI is InChI=1S/C11H12ClN3S3/c1-13-6-7-3-4-8(12)5-9(7)17-11-15-14-10(16-2)18-11/h3-5,13H,6H2,1-2H3. The molecule has 0 aliphatic heterocycles. The van der Waals surface area contributed by atoms with Gasteiger partial charge in [0.15, 0.2) is 8.68 Å². The summed E-state index contributed by atoms with van der Waals surface area (Å²) in [6, 6.07) is 5.92.